The first kappa shape index (κ1) is 42.6. The van der Waals surface area contributed by atoms with Gasteiger partial charge in [0, 0.05) is 60.8 Å². The number of aromatic nitrogens is 4. The van der Waals surface area contributed by atoms with Gasteiger partial charge in [0.15, 0.2) is 0 Å². The number of amides is 2. The molecule has 2 N–H and O–H groups in total. The van der Waals surface area contributed by atoms with Gasteiger partial charge >= 0.3 is 12.2 Å². The summed E-state index contributed by atoms with van der Waals surface area (Å²) in [5, 5.41) is 0. The Morgan fingerprint density at radius 1 is 0.672 bits per heavy atom. The predicted octanol–water partition coefficient (Wildman–Crippen LogP) is 2.12. The van der Waals surface area contributed by atoms with E-state index in [1.54, 1.807) is 34.6 Å². The highest BCUT2D eigenvalue weighted by Crippen LogP contribution is 2.62. The summed E-state index contributed by atoms with van der Waals surface area (Å²) in [7, 11) is -4.10. The van der Waals surface area contributed by atoms with E-state index in [2.05, 4.69) is 29.4 Å². The molecule has 8 rings (SSSR count). The van der Waals surface area contributed by atoms with Gasteiger partial charge in [0.25, 0.3) is 0 Å². The molecule has 6 fully saturated rings. The molecule has 20 heteroatoms. The number of carbonyl (C=O) groups is 2. The molecule has 18 nitrogen and oxygen atoms in total. The first-order valence-corrected chi connectivity index (χ1v) is 23.8. The van der Waals surface area contributed by atoms with E-state index in [0.29, 0.717) is 37.8 Å². The van der Waals surface area contributed by atoms with E-state index < -0.39 is 32.2 Å². The zero-order chi connectivity index (χ0) is 41.3. The Kier molecular flexibility index (Phi) is 12.6. The fourth-order valence-corrected chi connectivity index (χ4v) is 11.6. The monoisotopic (exact) mass is 848 g/mol. The summed E-state index contributed by atoms with van der Waals surface area (Å²) < 4.78 is 74.2. The lowest BCUT2D eigenvalue weighted by atomic mass is 9.86. The van der Waals surface area contributed by atoms with Crippen LogP contribution in [0.15, 0.2) is 36.9 Å². The number of likely N-dealkylation sites (tertiary alicyclic amines) is 2. The van der Waals surface area contributed by atoms with E-state index in [0.717, 1.165) is 75.5 Å². The van der Waals surface area contributed by atoms with Crippen LogP contribution in [0.25, 0.3) is 0 Å². The van der Waals surface area contributed by atoms with Crippen LogP contribution < -0.4 is 9.44 Å². The van der Waals surface area contributed by atoms with Gasteiger partial charge in [-0.3, -0.25) is 0 Å². The number of carbonyl (C=O) groups excluding carboxylic acids is 2. The molecule has 0 aromatic carbocycles. The smallest absolute Gasteiger partial charge is 0.409 e. The van der Waals surface area contributed by atoms with E-state index in [9.17, 15) is 26.4 Å². The third-order valence-electron chi connectivity index (χ3n) is 13.1. The molecule has 2 aliphatic heterocycles. The number of ether oxygens (including phenoxy) is 4. The first-order chi connectivity index (χ1) is 27.6. The molecule has 10 atom stereocenters. The summed E-state index contributed by atoms with van der Waals surface area (Å²) in [6.07, 6.45) is 17.7. The summed E-state index contributed by atoms with van der Waals surface area (Å²) in [6.45, 7) is 1.45. The molecule has 4 aliphatic carbocycles. The van der Waals surface area contributed by atoms with Crippen molar-refractivity contribution in [1.82, 2.24) is 39.2 Å². The second kappa shape index (κ2) is 17.2. The van der Waals surface area contributed by atoms with Crippen molar-refractivity contribution in [2.75, 3.05) is 53.0 Å². The fraction of sp³-hybridized carbons (Fsp3) is 0.737. The summed E-state index contributed by atoms with van der Waals surface area (Å²) >= 11 is 0. The van der Waals surface area contributed by atoms with E-state index in [4.69, 9.17) is 18.9 Å². The quantitative estimate of drug-likeness (QED) is 0.313. The zero-order valence-corrected chi connectivity index (χ0v) is 35.2. The molecular formula is C38H56N8O10S2. The Balaban J connectivity index is 0.000000177. The van der Waals surface area contributed by atoms with E-state index in [1.165, 1.54) is 14.2 Å². The molecule has 6 aliphatic rings. The van der Waals surface area contributed by atoms with Crippen LogP contribution >= 0.6 is 0 Å². The molecule has 4 saturated carbocycles. The maximum Gasteiger partial charge on any atom is 0.409 e. The van der Waals surface area contributed by atoms with E-state index in [-0.39, 0.29) is 60.4 Å². The Hall–Kier alpha value is -3.56. The normalized spacial score (nSPS) is 33.9. The molecule has 0 radical (unpaired) electrons. The predicted molar refractivity (Wildman–Crippen MR) is 209 cm³/mol. The minimum absolute atomic E-state index is 0.0957. The van der Waals surface area contributed by atoms with Crippen LogP contribution in [0.1, 0.15) is 75.9 Å². The van der Waals surface area contributed by atoms with Crippen molar-refractivity contribution in [3.05, 3.63) is 48.6 Å². The maximum atomic E-state index is 12.1. The van der Waals surface area contributed by atoms with Crippen molar-refractivity contribution >= 4 is 32.2 Å². The third-order valence-corrected chi connectivity index (χ3v) is 14.5. The Bertz CT molecular complexity index is 1840. The minimum Gasteiger partial charge on any atom is -0.453 e. The number of fused-ring (bicyclic) bond motifs is 2. The number of hydrogen-bond donors (Lipinski definition) is 2. The number of nitrogens with zero attached hydrogens (tertiary/aromatic N) is 6. The maximum absolute atomic E-state index is 12.1. The molecule has 0 bridgehead atoms. The van der Waals surface area contributed by atoms with Crippen molar-refractivity contribution in [1.29, 1.82) is 0 Å². The second-order valence-electron chi connectivity index (χ2n) is 16.8. The highest BCUT2D eigenvalue weighted by Gasteiger charge is 2.61. The SMILES string of the molecule is COC(=O)N1CC[C@H](NS(C)(=O)=O)[C@@H]1CO[C@@H]1CC[C@]2(c3ncccn3)C[C@@H]2C1.COC(=O)N1CC[C@H](NS(C)(=O)=O)[C@@H]1CO[C@H]1CC[C@@]2(c3ncccn3)C[C@H]2C1. The Labute approximate surface area is 340 Å². The molecule has 4 heterocycles. The first-order valence-electron chi connectivity index (χ1n) is 20.1. The van der Waals surface area contributed by atoms with Gasteiger partial charge in [0.2, 0.25) is 20.0 Å². The molecule has 0 spiro atoms. The van der Waals surface area contributed by atoms with Gasteiger partial charge in [-0.1, -0.05) is 0 Å². The number of sulfonamides is 2. The lowest BCUT2D eigenvalue weighted by Crippen LogP contribution is -2.49. The molecule has 2 aromatic heterocycles. The van der Waals surface area contributed by atoms with Crippen LogP contribution in [0.4, 0.5) is 9.59 Å². The van der Waals surface area contributed by atoms with Gasteiger partial charge in [-0.05, 0) is 88.2 Å². The molecule has 2 saturated heterocycles. The number of hydrogen-bond acceptors (Lipinski definition) is 14. The van der Waals surface area contributed by atoms with Crippen LogP contribution in [0, 0.1) is 11.8 Å². The molecule has 0 unspecified atom stereocenters. The fourth-order valence-electron chi connectivity index (χ4n) is 9.99. The summed E-state index contributed by atoms with van der Waals surface area (Å²) in [5.41, 5.74) is 0.208. The van der Waals surface area contributed by atoms with Crippen molar-refractivity contribution in [3.63, 3.8) is 0 Å². The van der Waals surface area contributed by atoms with Gasteiger partial charge in [-0.2, -0.15) is 0 Å². The van der Waals surface area contributed by atoms with Crippen LogP contribution in [0.2, 0.25) is 0 Å². The van der Waals surface area contributed by atoms with Crippen molar-refractivity contribution in [3.8, 4) is 0 Å². The Morgan fingerprint density at radius 2 is 1.05 bits per heavy atom. The summed E-state index contributed by atoms with van der Waals surface area (Å²) in [6, 6.07) is 2.18. The van der Waals surface area contributed by atoms with Gasteiger partial charge in [0.1, 0.15) is 11.6 Å². The van der Waals surface area contributed by atoms with Crippen molar-refractivity contribution < 1.29 is 45.4 Å². The molecular weight excluding hydrogens is 793 g/mol. The third kappa shape index (κ3) is 9.57. The molecule has 2 amide bonds. The Morgan fingerprint density at radius 3 is 1.38 bits per heavy atom. The van der Waals surface area contributed by atoms with Gasteiger partial charge in [-0.25, -0.2) is 55.8 Å². The van der Waals surface area contributed by atoms with Crippen molar-refractivity contribution in [2.45, 2.75) is 111 Å². The molecule has 2 aromatic rings. The summed E-state index contributed by atoms with van der Waals surface area (Å²) in [4.78, 5) is 45.2. The van der Waals surface area contributed by atoms with Gasteiger partial charge in [0.05, 0.1) is 64.2 Å². The largest absolute Gasteiger partial charge is 0.453 e. The summed E-state index contributed by atoms with van der Waals surface area (Å²) in [5.74, 6) is 2.92. The van der Waals surface area contributed by atoms with E-state index >= 15 is 0 Å². The highest BCUT2D eigenvalue weighted by molar-refractivity contribution is 7.89. The second-order valence-corrected chi connectivity index (χ2v) is 20.3. The number of nitrogens with one attached hydrogen (secondary N) is 2. The van der Waals surface area contributed by atoms with Gasteiger partial charge in [-0.15, -0.1) is 0 Å². The lowest BCUT2D eigenvalue weighted by Gasteiger charge is -2.31. The average Bonchev–Trinajstić information content (AvgIpc) is 4.04. The minimum atomic E-state index is -3.38. The lowest BCUT2D eigenvalue weighted by molar-refractivity contribution is -0.00711. The van der Waals surface area contributed by atoms with Gasteiger partial charge < -0.3 is 28.7 Å². The topological polar surface area (TPSA) is 221 Å². The number of methoxy groups -OCH3 is 2. The van der Waals surface area contributed by atoms with Crippen LogP contribution in [-0.4, -0.2) is 148 Å². The standard InChI is InChI=1S/2C19H28N4O5S/c2*1-27-18(24)23-9-5-15(22-29(2,25)26)16(23)12-28-14-4-6-19(11-13(19)10-14)17-20-7-3-8-21-17/h2*3,7-8,13-16,22H,4-6,9-12H2,1-2H3/t13-,14+,15+,16+,19-;13-,14+,15-,16-,19-/m10/s1. The van der Waals surface area contributed by atoms with Crippen molar-refractivity contribution in [2.24, 2.45) is 11.8 Å². The molecule has 320 valence electrons. The van der Waals surface area contributed by atoms with Crippen LogP contribution in [0.3, 0.4) is 0 Å². The average molecular weight is 849 g/mol. The highest BCUT2D eigenvalue weighted by atomic mass is 32.2. The van der Waals surface area contributed by atoms with Crippen LogP contribution in [-0.2, 0) is 49.8 Å². The van der Waals surface area contributed by atoms with E-state index in [1.807, 2.05) is 12.1 Å². The zero-order valence-electron chi connectivity index (χ0n) is 33.6. The number of rotatable bonds is 12. The van der Waals surface area contributed by atoms with Crippen LogP contribution in [0.5, 0.6) is 0 Å². The molecule has 58 heavy (non-hydrogen) atoms.